The second-order valence-electron chi connectivity index (χ2n) is 6.19. The number of carbonyl (C=O) groups excluding carboxylic acids is 1. The van der Waals surface area contributed by atoms with Crippen LogP contribution in [0, 0.1) is 10.1 Å². The maximum atomic E-state index is 12.7. The zero-order chi connectivity index (χ0) is 21.7. The first-order valence-electron chi connectivity index (χ1n) is 8.51. The quantitative estimate of drug-likeness (QED) is 0.447. The molecule has 0 atom stereocenters. The van der Waals surface area contributed by atoms with E-state index >= 15 is 0 Å². The number of ether oxygens (including phenoxy) is 1. The third-order valence-corrected chi connectivity index (χ3v) is 5.03. The van der Waals surface area contributed by atoms with Crippen LogP contribution >= 0.6 is 0 Å². The van der Waals surface area contributed by atoms with Gasteiger partial charge in [0.25, 0.3) is 11.6 Å². The molecule has 0 saturated carbocycles. The summed E-state index contributed by atoms with van der Waals surface area (Å²) in [6.07, 6.45) is 5.57. The van der Waals surface area contributed by atoms with Crippen LogP contribution in [0.3, 0.4) is 0 Å². The molecule has 30 heavy (non-hydrogen) atoms. The minimum atomic E-state index is -3.76. The van der Waals surface area contributed by atoms with Gasteiger partial charge in [0.05, 0.1) is 9.82 Å². The number of hydrogen-bond donors (Lipinski definition) is 1. The van der Waals surface area contributed by atoms with Crippen LogP contribution < -0.4 is 10.1 Å². The van der Waals surface area contributed by atoms with Crippen molar-refractivity contribution in [1.82, 2.24) is 9.97 Å². The number of sulfone groups is 1. The molecule has 2 heterocycles. The molecule has 154 valence electrons. The van der Waals surface area contributed by atoms with E-state index in [0.717, 1.165) is 30.0 Å². The fraction of sp³-hybridized carbons (Fsp3) is 0.105. The highest BCUT2D eigenvalue weighted by atomic mass is 32.2. The Labute approximate surface area is 171 Å². The van der Waals surface area contributed by atoms with Crippen LogP contribution in [-0.2, 0) is 16.4 Å². The molecule has 3 aromatic rings. The molecule has 0 unspecified atom stereocenters. The van der Waals surface area contributed by atoms with Crippen molar-refractivity contribution in [3.8, 4) is 5.75 Å². The first-order valence-corrected chi connectivity index (χ1v) is 10.4. The Morgan fingerprint density at radius 3 is 2.57 bits per heavy atom. The highest BCUT2D eigenvalue weighted by Crippen LogP contribution is 2.25. The Morgan fingerprint density at radius 1 is 1.17 bits per heavy atom. The summed E-state index contributed by atoms with van der Waals surface area (Å²) in [5.41, 5.74) is 0.135. The molecule has 0 aliphatic rings. The predicted octanol–water partition coefficient (Wildman–Crippen LogP) is 2.62. The lowest BCUT2D eigenvalue weighted by molar-refractivity contribution is -0.385. The van der Waals surface area contributed by atoms with Crippen LogP contribution in [0.5, 0.6) is 5.75 Å². The average Bonchev–Trinajstić information content (AvgIpc) is 2.73. The Hall–Kier alpha value is -3.86. The van der Waals surface area contributed by atoms with Crippen LogP contribution in [0.4, 0.5) is 11.5 Å². The summed E-state index contributed by atoms with van der Waals surface area (Å²) in [6.45, 7) is 0.201. The minimum Gasteiger partial charge on any atom is -0.485 e. The van der Waals surface area contributed by atoms with Gasteiger partial charge in [0.1, 0.15) is 6.61 Å². The third-order valence-electron chi connectivity index (χ3n) is 3.94. The fourth-order valence-electron chi connectivity index (χ4n) is 2.45. The average molecular weight is 428 g/mol. The van der Waals surface area contributed by atoms with Gasteiger partial charge in [0, 0.05) is 42.5 Å². The largest absolute Gasteiger partial charge is 0.485 e. The molecule has 2 aromatic heterocycles. The van der Waals surface area contributed by atoms with Gasteiger partial charge in [-0.3, -0.25) is 19.9 Å². The van der Waals surface area contributed by atoms with Crippen molar-refractivity contribution in [1.29, 1.82) is 0 Å². The second kappa shape index (κ2) is 8.66. The molecule has 11 heteroatoms. The Morgan fingerprint density at radius 2 is 1.90 bits per heavy atom. The van der Waals surface area contributed by atoms with Gasteiger partial charge in [0.15, 0.2) is 21.4 Å². The summed E-state index contributed by atoms with van der Waals surface area (Å²) in [6, 6.07) is 9.71. The first-order chi connectivity index (χ1) is 14.2. The van der Waals surface area contributed by atoms with Gasteiger partial charge in [-0.25, -0.2) is 13.4 Å². The fourth-order valence-corrected chi connectivity index (χ4v) is 3.13. The number of nitro groups is 1. The maximum absolute atomic E-state index is 12.7. The molecular formula is C19H16N4O6S. The Kier molecular flexibility index (Phi) is 6.02. The maximum Gasteiger partial charge on any atom is 0.271 e. The molecule has 1 aromatic carbocycles. The van der Waals surface area contributed by atoms with Gasteiger partial charge in [-0.1, -0.05) is 0 Å². The zero-order valence-corrected chi connectivity index (χ0v) is 16.5. The molecule has 0 spiro atoms. The summed E-state index contributed by atoms with van der Waals surface area (Å²) in [7, 11) is -3.76. The van der Waals surface area contributed by atoms with E-state index in [1.807, 2.05) is 0 Å². The summed E-state index contributed by atoms with van der Waals surface area (Å²) in [5.74, 6) is -0.406. The molecule has 1 N–H and O–H groups in total. The SMILES string of the molecule is CS(=O)(=O)c1cc(C(=O)Nc2ncccc2OCc2ccncc2)cc([N+](=O)[O-])c1. The molecule has 0 saturated heterocycles. The highest BCUT2D eigenvalue weighted by Gasteiger charge is 2.20. The van der Waals surface area contributed by atoms with E-state index < -0.39 is 26.4 Å². The lowest BCUT2D eigenvalue weighted by Gasteiger charge is -2.12. The first kappa shape index (κ1) is 20.9. The molecule has 1 amide bonds. The van der Waals surface area contributed by atoms with E-state index in [1.54, 1.807) is 36.7 Å². The molecule has 0 aliphatic heterocycles. The van der Waals surface area contributed by atoms with E-state index in [4.69, 9.17) is 4.74 Å². The molecule has 0 bridgehead atoms. The number of nitrogens with one attached hydrogen (secondary N) is 1. The number of nitrogens with zero attached hydrogens (tertiary/aromatic N) is 3. The van der Waals surface area contributed by atoms with Crippen molar-refractivity contribution in [3.63, 3.8) is 0 Å². The van der Waals surface area contributed by atoms with Crippen LogP contribution in [0.25, 0.3) is 0 Å². The van der Waals surface area contributed by atoms with Crippen molar-refractivity contribution in [3.05, 3.63) is 82.3 Å². The summed E-state index contributed by atoms with van der Waals surface area (Å²) in [5, 5.41) is 13.6. The number of pyridine rings is 2. The third kappa shape index (κ3) is 5.14. The molecule has 0 aliphatic carbocycles. The monoisotopic (exact) mass is 428 g/mol. The minimum absolute atomic E-state index is 0.0870. The lowest BCUT2D eigenvalue weighted by Crippen LogP contribution is -2.15. The molecule has 3 rings (SSSR count). The number of non-ortho nitro benzene ring substituents is 1. The summed E-state index contributed by atoms with van der Waals surface area (Å²) in [4.78, 5) is 30.7. The Bertz CT molecular complexity index is 1200. The number of anilines is 1. The van der Waals surface area contributed by atoms with Crippen molar-refractivity contribution >= 4 is 27.2 Å². The molecule has 0 fully saturated rings. The molecule has 10 nitrogen and oxygen atoms in total. The standard InChI is InChI=1S/C19H16N4O6S/c1-30(27,28)16-10-14(9-15(11-16)23(25)26)19(24)22-18-17(3-2-6-21-18)29-12-13-4-7-20-8-5-13/h2-11H,12H2,1H3,(H,21,22,24). The summed E-state index contributed by atoms with van der Waals surface area (Å²) >= 11 is 0. The number of benzene rings is 1. The van der Waals surface area contributed by atoms with E-state index in [1.165, 1.54) is 6.20 Å². The van der Waals surface area contributed by atoms with E-state index in [2.05, 4.69) is 15.3 Å². The van der Waals surface area contributed by atoms with Crippen LogP contribution in [0.15, 0.2) is 66.0 Å². The molecule has 0 radical (unpaired) electrons. The number of amides is 1. The topological polar surface area (TPSA) is 141 Å². The smallest absolute Gasteiger partial charge is 0.271 e. The lowest BCUT2D eigenvalue weighted by atomic mass is 10.2. The normalized spacial score (nSPS) is 11.0. The van der Waals surface area contributed by atoms with E-state index in [-0.39, 0.29) is 28.6 Å². The van der Waals surface area contributed by atoms with Crippen molar-refractivity contribution < 1.29 is 22.9 Å². The van der Waals surface area contributed by atoms with Crippen molar-refractivity contribution in [2.75, 3.05) is 11.6 Å². The Balaban J connectivity index is 1.86. The zero-order valence-electron chi connectivity index (χ0n) is 15.7. The van der Waals surface area contributed by atoms with Crippen LogP contribution in [-0.4, -0.2) is 35.5 Å². The number of nitro benzene ring substituents is 1. The number of aromatic nitrogens is 2. The van der Waals surface area contributed by atoms with Gasteiger partial charge in [-0.05, 0) is 35.9 Å². The van der Waals surface area contributed by atoms with Gasteiger partial charge in [0.2, 0.25) is 0 Å². The van der Waals surface area contributed by atoms with Crippen molar-refractivity contribution in [2.24, 2.45) is 0 Å². The van der Waals surface area contributed by atoms with Gasteiger partial charge in [-0.2, -0.15) is 0 Å². The number of hydrogen-bond acceptors (Lipinski definition) is 8. The van der Waals surface area contributed by atoms with Crippen molar-refractivity contribution in [2.45, 2.75) is 11.5 Å². The number of rotatable bonds is 7. The predicted molar refractivity (Wildman–Crippen MR) is 107 cm³/mol. The van der Waals surface area contributed by atoms with Gasteiger partial charge >= 0.3 is 0 Å². The van der Waals surface area contributed by atoms with Gasteiger partial charge in [-0.15, -0.1) is 0 Å². The number of carbonyl (C=O) groups is 1. The van der Waals surface area contributed by atoms with Crippen LogP contribution in [0.1, 0.15) is 15.9 Å². The molecular weight excluding hydrogens is 412 g/mol. The second-order valence-corrected chi connectivity index (χ2v) is 8.21. The van der Waals surface area contributed by atoms with E-state index in [9.17, 15) is 23.3 Å². The van der Waals surface area contributed by atoms with Gasteiger partial charge < -0.3 is 10.1 Å². The highest BCUT2D eigenvalue weighted by molar-refractivity contribution is 7.90. The van der Waals surface area contributed by atoms with E-state index in [0.29, 0.717) is 0 Å². The van der Waals surface area contributed by atoms with Crippen LogP contribution in [0.2, 0.25) is 0 Å². The summed E-state index contributed by atoms with van der Waals surface area (Å²) < 4.78 is 29.3.